The maximum absolute atomic E-state index is 13.0. The predicted octanol–water partition coefficient (Wildman–Crippen LogP) is 20.0. The van der Waals surface area contributed by atoms with E-state index in [1.807, 2.05) is 129 Å². The molecule has 14 aromatic rings. The number of aromatic nitrogens is 4. The molecule has 0 saturated heterocycles. The fourth-order valence-electron chi connectivity index (χ4n) is 10.8. The average Bonchev–Trinajstić information content (AvgIpc) is 1.60. The van der Waals surface area contributed by atoms with E-state index in [9.17, 15) is 57.8 Å². The Bertz CT molecular complexity index is 5750. The van der Waals surface area contributed by atoms with Gasteiger partial charge in [0.05, 0.1) is 65.8 Å². The Labute approximate surface area is 788 Å². The molecule has 12 N–H and O–H groups in total. The van der Waals surface area contributed by atoms with Crippen LogP contribution < -0.4 is 40.9 Å². The molecule has 0 bridgehead atoms. The molecule has 0 saturated carbocycles. The Hall–Kier alpha value is -14.9. The zero-order valence-corrected chi connectivity index (χ0v) is 77.7. The number of aromatic amines is 1. The van der Waals surface area contributed by atoms with E-state index in [0.717, 1.165) is 57.3 Å². The molecule has 0 fully saturated rings. The Morgan fingerprint density at radius 2 is 0.689 bits per heavy atom. The predicted molar refractivity (Wildman–Crippen MR) is 514 cm³/mol. The summed E-state index contributed by atoms with van der Waals surface area (Å²) >= 11 is 28.4. The van der Waals surface area contributed by atoms with E-state index in [1.165, 1.54) is 9.13 Å². The number of hydrogen-bond acceptors (Lipinski definition) is 16. The molecule has 0 radical (unpaired) electrons. The minimum Gasteiger partial charge on any atom is -0.497 e. The van der Waals surface area contributed by atoms with Crippen molar-refractivity contribution in [3.8, 4) is 28.7 Å². The maximum Gasteiger partial charge on any atom is 0.307 e. The van der Waals surface area contributed by atoms with Crippen LogP contribution in [0.25, 0.3) is 21.8 Å². The third-order valence-electron chi connectivity index (χ3n) is 17.7. The van der Waals surface area contributed by atoms with Crippen LogP contribution in [-0.2, 0) is 48.0 Å². The molecular weight excluding hydrogens is 1800 g/mol. The highest BCUT2D eigenvalue weighted by molar-refractivity contribution is 6.32. The lowest BCUT2D eigenvalue weighted by atomic mass is 10.1. The van der Waals surface area contributed by atoms with Crippen LogP contribution in [0.1, 0.15) is 118 Å². The van der Waals surface area contributed by atoms with E-state index in [0.29, 0.717) is 92.1 Å². The topological polar surface area (TPSA) is 444 Å². The number of primary amides is 3. The summed E-state index contributed by atoms with van der Waals surface area (Å²) in [6, 6.07) is 77.8. The monoisotopic (exact) mass is 1900 g/mol. The van der Waals surface area contributed by atoms with Crippen molar-refractivity contribution in [3.63, 3.8) is 0 Å². The number of aryl methyl sites for hydroxylation is 2. The van der Waals surface area contributed by atoms with Crippen LogP contribution in [0.15, 0.2) is 279 Å². The van der Waals surface area contributed by atoms with Crippen molar-refractivity contribution >= 4 is 146 Å². The molecular formula is C99H102Cl5N7O21. The number of H-pyrrole nitrogens is 1. The van der Waals surface area contributed by atoms with Crippen LogP contribution in [0, 0.1) is 27.7 Å². The fourth-order valence-corrected chi connectivity index (χ4v) is 11.4. The first-order valence-electron chi connectivity index (χ1n) is 39.5. The highest BCUT2D eigenvalue weighted by Crippen LogP contribution is 2.32. The van der Waals surface area contributed by atoms with Gasteiger partial charge in [0.15, 0.2) is 0 Å². The summed E-state index contributed by atoms with van der Waals surface area (Å²) in [5, 5.41) is 46.5. The molecule has 0 aliphatic carbocycles. The quantitative estimate of drug-likeness (QED) is 0.0340. The number of amides is 3. The molecule has 0 spiro atoms. The van der Waals surface area contributed by atoms with E-state index < -0.39 is 47.6 Å². The fraction of sp³-hybridized carbons (Fsp3) is 0.162. The Morgan fingerprint density at radius 1 is 0.364 bits per heavy atom. The standard InChI is InChI=1S/C19H16ClNO4.C14H12ClNO3.C11H11NO2.3C7H6ClNO.C7H9NO2.3C7H8O.2C3H6O2/c1-11-15(10-18(22)23)16-9-14(25-2)7-8-17(16)21(11)19(24)12-3-5-13(20)6-4-12;1-9-11(8-13(17)18)6-7-16(9)14(19)10-2-4-12(15)5-3-10;1-8-5-9-6-10(14-2)3-4-11(9)12(8)7-13;3*8-6-3-1-5(2-4-6)7(9)10;1-5-6(2-3-8-5)4-7(9)10;3*1-8-7-5-3-2-4-6-7;2*1-2-3(4)5/h3-9H,10H2,1-2H3,(H,22,23);2-7H,8H2,1H3,(H,17,18);3-7H,1-2H3;3*1-4H,(H2,9,10);2-3,8H,4H2,1H3,(H,9,10);3*2-6H,1H3;2*2H2,1H3,(H,4,5). The summed E-state index contributed by atoms with van der Waals surface area (Å²) < 4.78 is 29.7. The first kappa shape index (κ1) is 111. The first-order chi connectivity index (χ1) is 62.8. The summed E-state index contributed by atoms with van der Waals surface area (Å²) in [7, 11) is 8.16. The van der Waals surface area contributed by atoms with Gasteiger partial charge in [0.2, 0.25) is 24.1 Å². The molecule has 28 nitrogen and oxygen atoms in total. The minimum absolute atomic E-state index is 0.0905. The second-order valence-corrected chi connectivity index (χ2v) is 29.1. The van der Waals surface area contributed by atoms with Gasteiger partial charge in [0.25, 0.3) is 11.8 Å². The lowest BCUT2D eigenvalue weighted by Gasteiger charge is -2.08. The molecule has 14 rings (SSSR count). The molecule has 33 heteroatoms. The Kier molecular flexibility index (Phi) is 50.5. The number of carbonyl (C=O) groups is 11. The van der Waals surface area contributed by atoms with Crippen LogP contribution in [0.5, 0.6) is 28.7 Å². The third-order valence-corrected chi connectivity index (χ3v) is 19.0. The molecule has 3 amide bonds. The van der Waals surface area contributed by atoms with Gasteiger partial charge in [-0.05, 0) is 257 Å². The van der Waals surface area contributed by atoms with Gasteiger partial charge in [0, 0.05) is 112 Å². The van der Waals surface area contributed by atoms with E-state index in [-0.39, 0.29) is 43.9 Å². The molecule has 4 aromatic heterocycles. The summed E-state index contributed by atoms with van der Waals surface area (Å²) in [6.45, 7) is 10.4. The van der Waals surface area contributed by atoms with Crippen molar-refractivity contribution in [1.29, 1.82) is 0 Å². The van der Waals surface area contributed by atoms with Gasteiger partial charge in [-0.25, -0.2) is 0 Å². The van der Waals surface area contributed by atoms with Crippen molar-refractivity contribution in [1.82, 2.24) is 18.7 Å². The molecule has 694 valence electrons. The zero-order valence-electron chi connectivity index (χ0n) is 73.9. The second kappa shape index (κ2) is 60.0. The highest BCUT2D eigenvalue weighted by Gasteiger charge is 2.23. The number of benzene rings is 10. The van der Waals surface area contributed by atoms with Gasteiger partial charge in [-0.1, -0.05) is 126 Å². The molecule has 4 heterocycles. The number of methoxy groups -OCH3 is 5. The van der Waals surface area contributed by atoms with E-state index in [2.05, 4.69) is 4.98 Å². The number of ether oxygens (including phenoxy) is 5. The van der Waals surface area contributed by atoms with Gasteiger partial charge < -0.3 is 71.4 Å². The maximum atomic E-state index is 13.0. The number of fused-ring (bicyclic) bond motifs is 2. The van der Waals surface area contributed by atoms with Gasteiger partial charge in [-0.15, -0.1) is 0 Å². The van der Waals surface area contributed by atoms with Crippen LogP contribution in [0.3, 0.4) is 0 Å². The van der Waals surface area contributed by atoms with E-state index in [4.69, 9.17) is 119 Å². The van der Waals surface area contributed by atoms with E-state index in [1.54, 1.807) is 232 Å². The average molecular weight is 1900 g/mol. The number of para-hydroxylation sites is 3. The molecule has 0 aliphatic rings. The first-order valence-corrected chi connectivity index (χ1v) is 41.4. The number of halogens is 5. The van der Waals surface area contributed by atoms with Crippen LogP contribution >= 0.6 is 58.0 Å². The lowest BCUT2D eigenvalue weighted by molar-refractivity contribution is -0.137. The van der Waals surface area contributed by atoms with Crippen molar-refractivity contribution < 1.29 is 102 Å². The van der Waals surface area contributed by atoms with Gasteiger partial charge in [0.1, 0.15) is 28.7 Å². The van der Waals surface area contributed by atoms with Crippen molar-refractivity contribution in [3.05, 3.63) is 372 Å². The van der Waals surface area contributed by atoms with Crippen molar-refractivity contribution in [2.24, 2.45) is 17.2 Å². The summed E-state index contributed by atoms with van der Waals surface area (Å²) in [5.41, 5.74) is 24.1. The number of carboxylic acids is 5. The second-order valence-electron chi connectivity index (χ2n) is 26.9. The molecule has 10 aromatic carbocycles. The number of hydrogen-bond donors (Lipinski definition) is 9. The number of nitrogens with zero attached hydrogens (tertiary/aromatic N) is 3. The minimum atomic E-state index is -0.955. The molecule has 132 heavy (non-hydrogen) atoms. The molecule has 0 aliphatic heterocycles. The van der Waals surface area contributed by atoms with E-state index >= 15 is 0 Å². The van der Waals surface area contributed by atoms with Crippen LogP contribution in [-0.4, -0.2) is 146 Å². The third kappa shape index (κ3) is 40.6. The number of aliphatic carboxylic acids is 5. The Morgan fingerprint density at radius 3 is 0.992 bits per heavy atom. The number of carbonyl (C=O) groups excluding carboxylic acids is 6. The summed E-state index contributed by atoms with van der Waals surface area (Å²) in [5.74, 6) is -1.75. The smallest absolute Gasteiger partial charge is 0.307 e. The SMILES string of the molecule is CCC(=O)O.CCC(=O)O.COc1ccc2c(c1)c(CC(=O)O)c(C)n2C(=O)c1ccc(Cl)cc1.COc1ccc2c(c1)cc(C)n2C=O.COc1ccccc1.COc1ccccc1.COc1ccccc1.Cc1[nH]ccc1CC(=O)O.Cc1c(CC(=O)O)ccn1C(=O)c1ccc(Cl)cc1.NC(=O)c1ccc(Cl)cc1.NC(=O)c1ccc(Cl)cc1.NC(=O)c1ccc(Cl)cc1. The van der Waals surface area contributed by atoms with Crippen LogP contribution in [0.4, 0.5) is 0 Å². The summed E-state index contributed by atoms with van der Waals surface area (Å²) in [6.07, 6.45) is 4.45. The van der Waals surface area contributed by atoms with Crippen molar-refractivity contribution in [2.75, 3.05) is 35.5 Å². The van der Waals surface area contributed by atoms with Gasteiger partial charge in [-0.3, -0.25) is 66.4 Å². The number of rotatable bonds is 19. The largest absolute Gasteiger partial charge is 0.497 e. The zero-order chi connectivity index (χ0) is 98.5. The summed E-state index contributed by atoms with van der Waals surface area (Å²) in [4.78, 5) is 121. The number of nitrogens with two attached hydrogens (primary N) is 3. The van der Waals surface area contributed by atoms with Crippen LogP contribution in [0.2, 0.25) is 25.1 Å². The Balaban J connectivity index is 0.000000382. The van der Waals surface area contributed by atoms with Crippen molar-refractivity contribution in [2.45, 2.75) is 73.6 Å². The van der Waals surface area contributed by atoms with Gasteiger partial charge in [-0.2, -0.15) is 0 Å². The number of carboxylic acid groups (broad SMARTS) is 5. The highest BCUT2D eigenvalue weighted by atomic mass is 35.5. The molecule has 0 atom stereocenters. The number of nitrogens with one attached hydrogen (secondary N) is 1. The van der Waals surface area contributed by atoms with Gasteiger partial charge >= 0.3 is 29.8 Å². The molecule has 0 unspecified atom stereocenters. The normalized spacial score (nSPS) is 9.64. The lowest BCUT2D eigenvalue weighted by Crippen LogP contribution is -2.14.